The Hall–Kier alpha value is -0.720. The molecule has 0 saturated carbocycles. The monoisotopic (exact) mass is 244 g/mol. The zero-order chi connectivity index (χ0) is 9.97. The summed E-state index contributed by atoms with van der Waals surface area (Å²) in [5.41, 5.74) is 0.981. The van der Waals surface area contributed by atoms with E-state index in [-0.39, 0.29) is 5.28 Å². The van der Waals surface area contributed by atoms with Crippen molar-refractivity contribution in [1.29, 1.82) is 0 Å². The summed E-state index contributed by atoms with van der Waals surface area (Å²) in [4.78, 5) is 12.0. The van der Waals surface area contributed by atoms with Crippen LogP contribution in [0.4, 0.5) is 0 Å². The van der Waals surface area contributed by atoms with E-state index in [1.165, 1.54) is 29.6 Å². The van der Waals surface area contributed by atoms with Crippen LogP contribution in [0.5, 0.6) is 0 Å². The average molecular weight is 245 g/mol. The van der Waals surface area contributed by atoms with Crippen LogP contribution >= 0.6 is 34.9 Å². The van der Waals surface area contributed by atoms with E-state index < -0.39 is 0 Å². The van der Waals surface area contributed by atoms with Gasteiger partial charge in [0.2, 0.25) is 5.28 Å². The fourth-order valence-corrected chi connectivity index (χ4v) is 2.39. The number of halogens is 1. The summed E-state index contributed by atoms with van der Waals surface area (Å²) in [5.74, 6) is 0. The number of hydrogen-bond donors (Lipinski definition) is 0. The topological polar surface area (TPSA) is 51.6 Å². The highest BCUT2D eigenvalue weighted by Crippen LogP contribution is 2.29. The molecule has 0 aliphatic rings. The maximum Gasteiger partial charge on any atom is 0.223 e. The molecular formula is C7H5ClN4S2. The van der Waals surface area contributed by atoms with Gasteiger partial charge in [-0.3, -0.25) is 0 Å². The molecule has 72 valence electrons. The van der Waals surface area contributed by atoms with Crippen LogP contribution in [0.2, 0.25) is 5.28 Å². The second kappa shape index (κ2) is 4.20. The van der Waals surface area contributed by atoms with Crippen molar-refractivity contribution in [2.24, 2.45) is 0 Å². The van der Waals surface area contributed by atoms with E-state index in [1.807, 2.05) is 6.92 Å². The van der Waals surface area contributed by atoms with Crippen LogP contribution in [0.1, 0.15) is 5.56 Å². The van der Waals surface area contributed by atoms with Gasteiger partial charge in [-0.15, -0.1) is 0 Å². The summed E-state index contributed by atoms with van der Waals surface area (Å²) in [6.45, 7) is 1.93. The highest BCUT2D eigenvalue weighted by molar-refractivity contribution is 8.00. The molecule has 14 heavy (non-hydrogen) atoms. The quantitative estimate of drug-likeness (QED) is 0.600. The number of aromatic nitrogens is 4. The lowest BCUT2D eigenvalue weighted by atomic mass is 10.4. The van der Waals surface area contributed by atoms with Crippen molar-refractivity contribution in [3.63, 3.8) is 0 Å². The zero-order valence-electron chi connectivity index (χ0n) is 7.14. The minimum Gasteiger partial charge on any atom is -0.226 e. The Balaban J connectivity index is 2.28. The molecule has 7 heteroatoms. The van der Waals surface area contributed by atoms with E-state index in [1.54, 1.807) is 6.20 Å². The highest BCUT2D eigenvalue weighted by atomic mass is 35.5. The van der Waals surface area contributed by atoms with Gasteiger partial charge in [0.15, 0.2) is 4.34 Å². The average Bonchev–Trinajstić information content (AvgIpc) is 2.64. The first-order valence-electron chi connectivity index (χ1n) is 3.69. The second-order valence-electron chi connectivity index (χ2n) is 2.44. The molecule has 2 rings (SSSR count). The Morgan fingerprint density at radius 3 is 3.00 bits per heavy atom. The summed E-state index contributed by atoms with van der Waals surface area (Å²) in [7, 11) is 0. The van der Waals surface area contributed by atoms with Crippen molar-refractivity contribution in [3.05, 3.63) is 23.4 Å². The summed E-state index contributed by atoms with van der Waals surface area (Å²) in [6, 6.07) is 0. The maximum atomic E-state index is 5.69. The minimum atomic E-state index is 0.252. The molecule has 0 radical (unpaired) electrons. The number of nitrogens with zero attached hydrogens (tertiary/aromatic N) is 4. The SMILES string of the molecule is Cc1cnc(Cl)nc1Sc1ncns1. The molecule has 0 atom stereocenters. The summed E-state index contributed by atoms with van der Waals surface area (Å²) < 4.78 is 4.75. The maximum absolute atomic E-state index is 5.69. The van der Waals surface area contributed by atoms with E-state index in [2.05, 4.69) is 19.3 Å². The van der Waals surface area contributed by atoms with Gasteiger partial charge in [-0.2, -0.15) is 4.37 Å². The lowest BCUT2D eigenvalue weighted by Crippen LogP contribution is -1.88. The molecule has 2 aromatic rings. The fraction of sp³-hybridized carbons (Fsp3) is 0.143. The molecule has 0 amide bonds. The fourth-order valence-electron chi connectivity index (χ4n) is 0.800. The van der Waals surface area contributed by atoms with Crippen LogP contribution in [0.25, 0.3) is 0 Å². The molecule has 2 heterocycles. The van der Waals surface area contributed by atoms with Crippen LogP contribution in [-0.4, -0.2) is 19.3 Å². The largest absolute Gasteiger partial charge is 0.226 e. The Kier molecular flexibility index (Phi) is 2.95. The van der Waals surface area contributed by atoms with Crippen molar-refractivity contribution in [1.82, 2.24) is 19.3 Å². The molecule has 0 aliphatic carbocycles. The zero-order valence-corrected chi connectivity index (χ0v) is 9.53. The van der Waals surface area contributed by atoms with E-state index in [0.29, 0.717) is 0 Å². The third-order valence-corrected chi connectivity index (χ3v) is 3.42. The van der Waals surface area contributed by atoms with Gasteiger partial charge in [-0.25, -0.2) is 15.0 Å². The molecule has 0 N–H and O–H groups in total. The first-order valence-corrected chi connectivity index (χ1v) is 5.66. The van der Waals surface area contributed by atoms with Crippen LogP contribution in [0, 0.1) is 6.92 Å². The van der Waals surface area contributed by atoms with Gasteiger partial charge in [-0.05, 0) is 41.8 Å². The molecule has 0 fully saturated rings. The van der Waals surface area contributed by atoms with Crippen molar-refractivity contribution in [3.8, 4) is 0 Å². The normalized spacial score (nSPS) is 10.4. The molecule has 0 bridgehead atoms. The molecule has 2 aromatic heterocycles. The molecule has 0 spiro atoms. The Labute approximate surface area is 93.9 Å². The number of hydrogen-bond acceptors (Lipinski definition) is 6. The summed E-state index contributed by atoms with van der Waals surface area (Å²) in [5, 5.41) is 1.07. The van der Waals surface area contributed by atoms with Crippen molar-refractivity contribution in [2.45, 2.75) is 16.3 Å². The van der Waals surface area contributed by atoms with E-state index in [4.69, 9.17) is 11.6 Å². The van der Waals surface area contributed by atoms with Crippen molar-refractivity contribution in [2.75, 3.05) is 0 Å². The smallest absolute Gasteiger partial charge is 0.223 e. The Morgan fingerprint density at radius 1 is 1.43 bits per heavy atom. The third kappa shape index (κ3) is 2.20. The van der Waals surface area contributed by atoms with Crippen molar-refractivity contribution >= 4 is 34.9 Å². The first-order chi connectivity index (χ1) is 6.75. The van der Waals surface area contributed by atoms with Crippen molar-refractivity contribution < 1.29 is 0 Å². The van der Waals surface area contributed by atoms with Crippen LogP contribution < -0.4 is 0 Å². The van der Waals surface area contributed by atoms with Gasteiger partial charge >= 0.3 is 0 Å². The third-order valence-electron chi connectivity index (χ3n) is 1.42. The number of aryl methyl sites for hydroxylation is 1. The summed E-state index contributed by atoms with van der Waals surface area (Å²) in [6.07, 6.45) is 3.21. The predicted octanol–water partition coefficient (Wildman–Crippen LogP) is 2.44. The predicted molar refractivity (Wildman–Crippen MR) is 55.8 cm³/mol. The van der Waals surface area contributed by atoms with Gasteiger partial charge in [0.1, 0.15) is 11.4 Å². The van der Waals surface area contributed by atoms with Gasteiger partial charge < -0.3 is 0 Å². The van der Waals surface area contributed by atoms with E-state index in [9.17, 15) is 0 Å². The van der Waals surface area contributed by atoms with Gasteiger partial charge in [0.25, 0.3) is 0 Å². The van der Waals surface area contributed by atoms with E-state index >= 15 is 0 Å². The van der Waals surface area contributed by atoms with Crippen LogP contribution in [0.3, 0.4) is 0 Å². The standard InChI is InChI=1S/C7H5ClN4S2/c1-4-2-9-6(8)12-5(4)13-7-10-3-11-14-7/h2-3H,1H3. The lowest BCUT2D eigenvalue weighted by molar-refractivity contribution is 1.00. The van der Waals surface area contributed by atoms with Gasteiger partial charge in [0, 0.05) is 11.8 Å². The molecule has 0 unspecified atom stereocenters. The number of rotatable bonds is 2. The highest BCUT2D eigenvalue weighted by Gasteiger charge is 2.06. The van der Waals surface area contributed by atoms with E-state index in [0.717, 1.165) is 14.9 Å². The Morgan fingerprint density at radius 2 is 2.29 bits per heavy atom. The molecule has 4 nitrogen and oxygen atoms in total. The molecule has 0 saturated heterocycles. The minimum absolute atomic E-state index is 0.252. The van der Waals surface area contributed by atoms with Crippen LogP contribution in [-0.2, 0) is 0 Å². The molecular weight excluding hydrogens is 240 g/mol. The summed E-state index contributed by atoms with van der Waals surface area (Å²) >= 11 is 8.46. The first kappa shape index (κ1) is 9.82. The van der Waals surface area contributed by atoms with Gasteiger partial charge in [-0.1, -0.05) is 0 Å². The molecule has 0 aromatic carbocycles. The lowest BCUT2D eigenvalue weighted by Gasteiger charge is -2.00. The van der Waals surface area contributed by atoms with Gasteiger partial charge in [0.05, 0.1) is 0 Å². The second-order valence-corrected chi connectivity index (χ2v) is 4.79. The molecule has 0 aliphatic heterocycles. The Bertz CT molecular complexity index is 431. The van der Waals surface area contributed by atoms with Crippen LogP contribution in [0.15, 0.2) is 21.9 Å².